The Hall–Kier alpha value is -1.45. The number of carbonyl (C=O) groups is 3. The van der Waals surface area contributed by atoms with Gasteiger partial charge in [-0.25, -0.2) is 0 Å². The van der Waals surface area contributed by atoms with E-state index in [1.807, 2.05) is 0 Å². The monoisotopic (exact) mass is 386 g/mol. The van der Waals surface area contributed by atoms with Crippen LogP contribution in [0.3, 0.4) is 0 Å². The molecule has 4 nitrogen and oxygen atoms in total. The summed E-state index contributed by atoms with van der Waals surface area (Å²) in [6.07, 6.45) is 9.18. The average molecular weight is 387 g/mol. The molecule has 154 valence electrons. The molecule has 4 aliphatic rings. The van der Waals surface area contributed by atoms with E-state index in [1.54, 1.807) is 0 Å². The molecule has 4 rings (SSSR count). The van der Waals surface area contributed by atoms with Crippen molar-refractivity contribution in [3.8, 4) is 0 Å². The van der Waals surface area contributed by atoms with Gasteiger partial charge in [-0.15, -0.1) is 0 Å². The van der Waals surface area contributed by atoms with E-state index < -0.39 is 5.97 Å². The first kappa shape index (κ1) is 19.8. The van der Waals surface area contributed by atoms with E-state index >= 15 is 0 Å². The zero-order valence-corrected chi connectivity index (χ0v) is 17.5. The highest BCUT2D eigenvalue weighted by Gasteiger charge is 2.61. The van der Waals surface area contributed by atoms with E-state index in [1.165, 1.54) is 5.57 Å². The van der Waals surface area contributed by atoms with Crippen molar-refractivity contribution in [2.45, 2.75) is 78.6 Å². The molecule has 0 aromatic carbocycles. The maximum Gasteiger partial charge on any atom is 0.303 e. The summed E-state index contributed by atoms with van der Waals surface area (Å²) in [5.41, 5.74) is 1.25. The molecule has 1 N–H and O–H groups in total. The fourth-order valence-corrected chi connectivity index (χ4v) is 7.52. The predicted octanol–water partition coefficient (Wildman–Crippen LogP) is 4.81. The van der Waals surface area contributed by atoms with Gasteiger partial charge in [0.25, 0.3) is 0 Å². The summed E-state index contributed by atoms with van der Waals surface area (Å²) in [6.45, 7) is 6.64. The summed E-state index contributed by atoms with van der Waals surface area (Å²) < 4.78 is 0. The topological polar surface area (TPSA) is 71.4 Å². The Morgan fingerprint density at radius 2 is 1.96 bits per heavy atom. The molecule has 4 heteroatoms. The lowest BCUT2D eigenvalue weighted by atomic mass is 9.47. The van der Waals surface area contributed by atoms with Gasteiger partial charge in [-0.3, -0.25) is 14.4 Å². The van der Waals surface area contributed by atoms with E-state index in [4.69, 9.17) is 5.11 Å². The largest absolute Gasteiger partial charge is 0.481 e. The summed E-state index contributed by atoms with van der Waals surface area (Å²) in [5.74, 6) is 1.58. The second kappa shape index (κ2) is 6.81. The molecule has 0 aliphatic heterocycles. The van der Waals surface area contributed by atoms with Crippen LogP contribution in [0.5, 0.6) is 0 Å². The maximum atomic E-state index is 13.6. The van der Waals surface area contributed by atoms with Gasteiger partial charge in [-0.1, -0.05) is 32.4 Å². The van der Waals surface area contributed by atoms with Crippen LogP contribution in [0.25, 0.3) is 0 Å². The molecule has 4 aliphatic carbocycles. The van der Waals surface area contributed by atoms with Crippen molar-refractivity contribution in [3.05, 3.63) is 11.6 Å². The quantitative estimate of drug-likeness (QED) is 0.704. The molecule has 7 atom stereocenters. The van der Waals surface area contributed by atoms with Crippen molar-refractivity contribution >= 4 is 17.5 Å². The molecule has 0 unspecified atom stereocenters. The first-order chi connectivity index (χ1) is 13.2. The van der Waals surface area contributed by atoms with E-state index in [0.29, 0.717) is 55.0 Å². The molecule has 0 radical (unpaired) electrons. The SMILES string of the molecule is C[C@H](CCC(=O)O)[C@H]1CC[C@H]2C3=CC[C@@H]4CC(=O)CC[C@]4(C)[C@H]3CC(=O)[C@]12C. The third kappa shape index (κ3) is 2.81. The molecule has 0 saturated heterocycles. The number of ketones is 2. The van der Waals surface area contributed by atoms with Crippen LogP contribution in [0.4, 0.5) is 0 Å². The van der Waals surface area contributed by atoms with Gasteiger partial charge in [0.1, 0.15) is 11.6 Å². The van der Waals surface area contributed by atoms with Gasteiger partial charge < -0.3 is 5.11 Å². The Morgan fingerprint density at radius 1 is 1.21 bits per heavy atom. The average Bonchev–Trinajstić information content (AvgIpc) is 3.00. The van der Waals surface area contributed by atoms with Crippen molar-refractivity contribution in [2.75, 3.05) is 0 Å². The minimum Gasteiger partial charge on any atom is -0.481 e. The molecule has 3 saturated carbocycles. The molecular formula is C24H34O4. The van der Waals surface area contributed by atoms with Gasteiger partial charge in [0, 0.05) is 31.1 Å². The molecular weight excluding hydrogens is 352 g/mol. The number of carbonyl (C=O) groups excluding carboxylic acids is 2. The Kier molecular flexibility index (Phi) is 4.83. The van der Waals surface area contributed by atoms with Crippen LogP contribution in [-0.4, -0.2) is 22.6 Å². The maximum absolute atomic E-state index is 13.6. The molecule has 0 aromatic heterocycles. The third-order valence-electron chi connectivity index (χ3n) is 9.34. The molecule has 28 heavy (non-hydrogen) atoms. The standard InChI is InChI=1S/C24H34O4/c1-14(4-9-22(27)28)18-7-8-19-17-6-5-15-12-16(25)10-11-23(15,2)20(17)13-21(26)24(18,19)3/h6,14-15,18-20H,4-5,7-13H2,1-3H3,(H,27,28)/t14-,15-,18-,19+,20+,23+,24-/m1/s1. The van der Waals surface area contributed by atoms with E-state index in [2.05, 4.69) is 26.8 Å². The minimum atomic E-state index is -0.748. The Bertz CT molecular complexity index is 737. The zero-order chi connectivity index (χ0) is 20.3. The molecule has 0 bridgehead atoms. The summed E-state index contributed by atoms with van der Waals surface area (Å²) >= 11 is 0. The van der Waals surface area contributed by atoms with Crippen LogP contribution in [0.2, 0.25) is 0 Å². The van der Waals surface area contributed by atoms with Gasteiger partial charge in [0.05, 0.1) is 0 Å². The highest BCUT2D eigenvalue weighted by molar-refractivity contribution is 5.88. The van der Waals surface area contributed by atoms with Gasteiger partial charge in [0.15, 0.2) is 0 Å². The smallest absolute Gasteiger partial charge is 0.303 e. The Balaban J connectivity index is 1.62. The van der Waals surface area contributed by atoms with Gasteiger partial charge >= 0.3 is 5.97 Å². The Morgan fingerprint density at radius 3 is 2.68 bits per heavy atom. The number of Topliss-reactive ketones (excluding diaryl/α,β-unsaturated/α-hetero) is 2. The normalized spacial score (nSPS) is 43.6. The van der Waals surface area contributed by atoms with E-state index in [-0.39, 0.29) is 29.1 Å². The molecule has 0 aromatic rings. The van der Waals surface area contributed by atoms with Crippen LogP contribution in [0.15, 0.2) is 11.6 Å². The minimum absolute atomic E-state index is 0.0853. The van der Waals surface area contributed by atoms with Crippen LogP contribution < -0.4 is 0 Å². The fourth-order valence-electron chi connectivity index (χ4n) is 7.52. The van der Waals surface area contributed by atoms with E-state index in [9.17, 15) is 14.4 Å². The number of allylic oxidation sites excluding steroid dienone is 2. The summed E-state index contributed by atoms with van der Waals surface area (Å²) in [4.78, 5) is 36.6. The van der Waals surface area contributed by atoms with Crippen LogP contribution in [0, 0.1) is 40.4 Å². The van der Waals surface area contributed by atoms with Gasteiger partial charge in [-0.05, 0) is 67.1 Å². The highest BCUT2D eigenvalue weighted by Crippen LogP contribution is 2.65. The Labute approximate surface area is 168 Å². The second-order valence-corrected chi connectivity index (χ2v) is 10.5. The molecule has 3 fully saturated rings. The third-order valence-corrected chi connectivity index (χ3v) is 9.34. The number of hydrogen-bond acceptors (Lipinski definition) is 3. The number of hydrogen-bond donors (Lipinski definition) is 1. The molecule has 0 amide bonds. The highest BCUT2D eigenvalue weighted by atomic mass is 16.4. The first-order valence-corrected chi connectivity index (χ1v) is 11.1. The number of aliphatic carboxylic acids is 1. The number of rotatable bonds is 4. The second-order valence-electron chi connectivity index (χ2n) is 10.5. The summed E-state index contributed by atoms with van der Waals surface area (Å²) in [6, 6.07) is 0. The van der Waals surface area contributed by atoms with Crippen LogP contribution in [0.1, 0.15) is 78.6 Å². The summed E-state index contributed by atoms with van der Waals surface area (Å²) in [7, 11) is 0. The number of carboxylic acids is 1. The van der Waals surface area contributed by atoms with Crippen molar-refractivity contribution in [3.63, 3.8) is 0 Å². The van der Waals surface area contributed by atoms with Crippen LogP contribution in [-0.2, 0) is 14.4 Å². The number of carboxylic acid groups (broad SMARTS) is 1. The van der Waals surface area contributed by atoms with Crippen molar-refractivity contribution in [1.82, 2.24) is 0 Å². The fraction of sp³-hybridized carbons (Fsp3) is 0.792. The van der Waals surface area contributed by atoms with Crippen molar-refractivity contribution in [2.24, 2.45) is 40.4 Å². The first-order valence-electron chi connectivity index (χ1n) is 11.1. The summed E-state index contributed by atoms with van der Waals surface area (Å²) in [5, 5.41) is 9.07. The van der Waals surface area contributed by atoms with Crippen LogP contribution >= 0.6 is 0 Å². The lowest BCUT2D eigenvalue weighted by Gasteiger charge is -2.56. The van der Waals surface area contributed by atoms with Crippen molar-refractivity contribution in [1.29, 1.82) is 0 Å². The molecule has 0 spiro atoms. The van der Waals surface area contributed by atoms with E-state index in [0.717, 1.165) is 25.7 Å². The lowest BCUT2D eigenvalue weighted by molar-refractivity contribution is -0.140. The molecule has 0 heterocycles. The van der Waals surface area contributed by atoms with Crippen molar-refractivity contribution < 1.29 is 19.5 Å². The lowest BCUT2D eigenvalue weighted by Crippen LogP contribution is -2.53. The zero-order valence-electron chi connectivity index (χ0n) is 17.5. The predicted molar refractivity (Wildman–Crippen MR) is 107 cm³/mol. The van der Waals surface area contributed by atoms with Gasteiger partial charge in [-0.2, -0.15) is 0 Å². The van der Waals surface area contributed by atoms with Gasteiger partial charge in [0.2, 0.25) is 0 Å². The number of fused-ring (bicyclic) bond motifs is 5.